The Morgan fingerprint density at radius 2 is 1.94 bits per heavy atom. The van der Waals surface area contributed by atoms with Gasteiger partial charge in [0.15, 0.2) is 5.78 Å². The van der Waals surface area contributed by atoms with Crippen LogP contribution < -0.4 is 0 Å². The van der Waals surface area contributed by atoms with Crippen LogP contribution in [0.1, 0.15) is 35.3 Å². The van der Waals surface area contributed by atoms with Gasteiger partial charge >= 0.3 is 6.09 Å². The van der Waals surface area contributed by atoms with Crippen molar-refractivity contribution in [1.82, 2.24) is 4.90 Å². The Hall–Kier alpha value is -2.10. The Kier molecular flexibility index (Phi) is 3.46. The molecule has 18 heavy (non-hydrogen) atoms. The summed E-state index contributed by atoms with van der Waals surface area (Å²) < 4.78 is 4.73. The predicted octanol–water partition coefficient (Wildman–Crippen LogP) is 2.92. The van der Waals surface area contributed by atoms with Crippen molar-refractivity contribution in [2.75, 3.05) is 7.11 Å². The first-order valence-corrected chi connectivity index (χ1v) is 5.77. The molecule has 0 bridgehead atoms. The molecule has 4 heteroatoms. The Morgan fingerprint density at radius 1 is 1.28 bits per heavy atom. The molecule has 0 saturated carbocycles. The highest BCUT2D eigenvalue weighted by Gasteiger charge is 2.26. The first kappa shape index (κ1) is 12.4. The van der Waals surface area contributed by atoms with Crippen molar-refractivity contribution < 1.29 is 14.3 Å². The molecular weight excluding hydrogens is 230 g/mol. The summed E-state index contributed by atoms with van der Waals surface area (Å²) in [6, 6.07) is 7.28. The van der Waals surface area contributed by atoms with Gasteiger partial charge in [-0.15, -0.1) is 0 Å². The number of ketones is 1. The third kappa shape index (κ3) is 2.27. The van der Waals surface area contributed by atoms with E-state index in [0.29, 0.717) is 5.56 Å². The van der Waals surface area contributed by atoms with Crippen molar-refractivity contribution in [3.63, 3.8) is 0 Å². The predicted molar refractivity (Wildman–Crippen MR) is 67.2 cm³/mol. The molecule has 0 fully saturated rings. The van der Waals surface area contributed by atoms with Crippen LogP contribution in [-0.2, 0) is 4.74 Å². The van der Waals surface area contributed by atoms with Gasteiger partial charge in [0, 0.05) is 11.8 Å². The van der Waals surface area contributed by atoms with Crippen molar-refractivity contribution in [2.45, 2.75) is 19.4 Å². The van der Waals surface area contributed by atoms with Crippen LogP contribution in [0.3, 0.4) is 0 Å². The van der Waals surface area contributed by atoms with E-state index in [2.05, 4.69) is 0 Å². The summed E-state index contributed by atoms with van der Waals surface area (Å²) in [5, 5.41) is 0. The number of benzene rings is 1. The number of hydrogen-bond donors (Lipinski definition) is 0. The van der Waals surface area contributed by atoms with Gasteiger partial charge < -0.3 is 4.74 Å². The molecule has 0 unspecified atom stereocenters. The van der Waals surface area contributed by atoms with E-state index in [1.54, 1.807) is 23.2 Å². The second kappa shape index (κ2) is 5.04. The lowest BCUT2D eigenvalue weighted by Crippen LogP contribution is -2.27. The summed E-state index contributed by atoms with van der Waals surface area (Å²) in [5.41, 5.74) is 1.67. The number of carbonyl (C=O) groups excluding carboxylic acids is 2. The van der Waals surface area contributed by atoms with E-state index in [1.165, 1.54) is 14.0 Å². The van der Waals surface area contributed by atoms with Gasteiger partial charge in [-0.05, 0) is 18.9 Å². The molecule has 0 aliphatic carbocycles. The molecule has 1 heterocycles. The van der Waals surface area contributed by atoms with Gasteiger partial charge in [-0.2, -0.15) is 0 Å². The third-order valence-corrected chi connectivity index (χ3v) is 3.05. The lowest BCUT2D eigenvalue weighted by Gasteiger charge is -2.22. The highest BCUT2D eigenvalue weighted by atomic mass is 16.5. The van der Waals surface area contributed by atoms with Gasteiger partial charge in [0.2, 0.25) is 0 Å². The minimum absolute atomic E-state index is 0.0379. The molecule has 1 aliphatic rings. The number of Topliss-reactive ketones (excluding diaryl/α,β-unsaturated/α-hetero) is 1. The van der Waals surface area contributed by atoms with E-state index >= 15 is 0 Å². The Labute approximate surface area is 106 Å². The average molecular weight is 245 g/mol. The highest BCUT2D eigenvalue weighted by Crippen LogP contribution is 2.30. The van der Waals surface area contributed by atoms with Crippen molar-refractivity contribution in [2.24, 2.45) is 0 Å². The summed E-state index contributed by atoms with van der Waals surface area (Å²) in [6.45, 7) is 1.53. The molecule has 2 rings (SSSR count). The van der Waals surface area contributed by atoms with Gasteiger partial charge in [-0.1, -0.05) is 30.3 Å². The Bertz CT molecular complexity index is 490. The molecule has 1 aliphatic heterocycles. The summed E-state index contributed by atoms with van der Waals surface area (Å²) in [7, 11) is 1.37. The van der Waals surface area contributed by atoms with Crippen LogP contribution in [-0.4, -0.2) is 23.9 Å². The molecule has 0 spiro atoms. The fourth-order valence-corrected chi connectivity index (χ4v) is 2.05. The topological polar surface area (TPSA) is 46.6 Å². The van der Waals surface area contributed by atoms with Crippen molar-refractivity contribution in [3.05, 3.63) is 47.7 Å². The summed E-state index contributed by atoms with van der Waals surface area (Å²) in [5.74, 6) is 0.0379. The number of methoxy groups -OCH3 is 1. The van der Waals surface area contributed by atoms with Crippen LogP contribution in [0, 0.1) is 0 Å². The van der Waals surface area contributed by atoms with E-state index in [4.69, 9.17) is 4.74 Å². The Balaban J connectivity index is 2.21. The number of rotatable bonds is 2. The third-order valence-electron chi connectivity index (χ3n) is 3.05. The van der Waals surface area contributed by atoms with E-state index in [0.717, 1.165) is 12.0 Å². The lowest BCUT2D eigenvalue weighted by molar-refractivity contribution is 0.101. The van der Waals surface area contributed by atoms with Crippen LogP contribution in [0.25, 0.3) is 0 Å². The van der Waals surface area contributed by atoms with Crippen LogP contribution in [0.15, 0.2) is 36.5 Å². The minimum atomic E-state index is -0.371. The monoisotopic (exact) mass is 245 g/mol. The Morgan fingerprint density at radius 3 is 2.50 bits per heavy atom. The first-order valence-electron chi connectivity index (χ1n) is 5.77. The standard InChI is InChI=1S/C14H15NO3/c1-10(16)11-5-7-12(8-6-11)13-4-3-9-15(13)14(17)18-2/h3,5-9,13H,4H2,1-2H3/t13-/m0/s1. The van der Waals surface area contributed by atoms with Crippen molar-refractivity contribution in [1.29, 1.82) is 0 Å². The normalized spacial score (nSPS) is 17.9. The second-order valence-corrected chi connectivity index (χ2v) is 4.19. The fraction of sp³-hybridized carbons (Fsp3) is 0.286. The van der Waals surface area contributed by atoms with E-state index in [9.17, 15) is 9.59 Å². The quantitative estimate of drug-likeness (QED) is 0.752. The van der Waals surface area contributed by atoms with Gasteiger partial charge in [0.05, 0.1) is 13.2 Å². The van der Waals surface area contributed by atoms with E-state index < -0.39 is 0 Å². The van der Waals surface area contributed by atoms with Crippen LogP contribution >= 0.6 is 0 Å². The van der Waals surface area contributed by atoms with E-state index in [-0.39, 0.29) is 17.9 Å². The van der Waals surface area contributed by atoms with Crippen molar-refractivity contribution >= 4 is 11.9 Å². The SMILES string of the molecule is COC(=O)N1C=CC[C@H]1c1ccc(C(C)=O)cc1. The zero-order chi connectivity index (χ0) is 13.1. The zero-order valence-electron chi connectivity index (χ0n) is 10.4. The average Bonchev–Trinajstić information content (AvgIpc) is 2.87. The maximum absolute atomic E-state index is 11.6. The zero-order valence-corrected chi connectivity index (χ0v) is 10.4. The summed E-state index contributed by atoms with van der Waals surface area (Å²) in [6.07, 6.45) is 4.05. The molecular formula is C14H15NO3. The number of carbonyl (C=O) groups is 2. The minimum Gasteiger partial charge on any atom is -0.452 e. The molecule has 0 saturated heterocycles. The highest BCUT2D eigenvalue weighted by molar-refractivity contribution is 5.94. The number of hydrogen-bond acceptors (Lipinski definition) is 3. The van der Waals surface area contributed by atoms with Gasteiger partial charge in [-0.25, -0.2) is 4.79 Å². The maximum Gasteiger partial charge on any atom is 0.414 e. The van der Waals surface area contributed by atoms with Crippen LogP contribution in [0.5, 0.6) is 0 Å². The van der Waals surface area contributed by atoms with Crippen molar-refractivity contribution in [3.8, 4) is 0 Å². The smallest absolute Gasteiger partial charge is 0.414 e. The summed E-state index contributed by atoms with van der Waals surface area (Å²) in [4.78, 5) is 24.3. The number of ether oxygens (including phenoxy) is 1. The maximum atomic E-state index is 11.6. The number of nitrogens with zero attached hydrogens (tertiary/aromatic N) is 1. The largest absolute Gasteiger partial charge is 0.452 e. The second-order valence-electron chi connectivity index (χ2n) is 4.19. The molecule has 0 radical (unpaired) electrons. The molecule has 1 amide bonds. The number of amides is 1. The van der Waals surface area contributed by atoms with Gasteiger partial charge in [0.25, 0.3) is 0 Å². The first-order chi connectivity index (χ1) is 8.63. The van der Waals surface area contributed by atoms with Crippen LogP contribution in [0.4, 0.5) is 4.79 Å². The molecule has 1 aromatic rings. The molecule has 4 nitrogen and oxygen atoms in total. The summed E-state index contributed by atoms with van der Waals surface area (Å²) >= 11 is 0. The fourth-order valence-electron chi connectivity index (χ4n) is 2.05. The van der Waals surface area contributed by atoms with E-state index in [1.807, 2.05) is 18.2 Å². The molecule has 1 atom stereocenters. The van der Waals surface area contributed by atoms with Gasteiger partial charge in [0.1, 0.15) is 0 Å². The lowest BCUT2D eigenvalue weighted by atomic mass is 10.0. The molecule has 0 aromatic heterocycles. The molecule has 94 valence electrons. The molecule has 1 aromatic carbocycles. The van der Waals surface area contributed by atoms with Gasteiger partial charge in [-0.3, -0.25) is 9.69 Å². The van der Waals surface area contributed by atoms with Crippen LogP contribution in [0.2, 0.25) is 0 Å². The molecule has 0 N–H and O–H groups in total.